The molecule has 0 spiro atoms. The molecule has 4 heteroatoms. The molecule has 2 N–H and O–H groups in total. The number of nitrogens with two attached hydrogens (primary N) is 1. The minimum Gasteiger partial charge on any atom is -0.380 e. The fourth-order valence-electron chi connectivity index (χ4n) is 2.86. The van der Waals surface area contributed by atoms with Gasteiger partial charge in [0.15, 0.2) is 0 Å². The molecule has 1 saturated carbocycles. The van der Waals surface area contributed by atoms with E-state index < -0.39 is 0 Å². The van der Waals surface area contributed by atoms with Crippen molar-refractivity contribution in [1.82, 2.24) is 9.80 Å². The van der Waals surface area contributed by atoms with E-state index in [0.717, 1.165) is 38.9 Å². The third-order valence-electron chi connectivity index (χ3n) is 4.39. The predicted molar refractivity (Wildman–Crippen MR) is 70.1 cm³/mol. The van der Waals surface area contributed by atoms with E-state index in [1.807, 2.05) is 6.92 Å². The van der Waals surface area contributed by atoms with Gasteiger partial charge in [0, 0.05) is 44.4 Å². The standard InChI is InChI=1S/C13H27N3O/c1-3-17-9-8-15(2)13(10-14)6-7-16(11-13)12-4-5-12/h12H,3-11,14H2,1-2H3. The third-order valence-corrected chi connectivity index (χ3v) is 4.39. The molecule has 2 fully saturated rings. The quantitative estimate of drug-likeness (QED) is 0.660. The zero-order valence-corrected chi connectivity index (χ0v) is 11.3. The van der Waals surface area contributed by atoms with Crippen LogP contribution in [0.5, 0.6) is 0 Å². The maximum atomic E-state index is 6.05. The van der Waals surface area contributed by atoms with E-state index in [4.69, 9.17) is 10.5 Å². The monoisotopic (exact) mass is 241 g/mol. The van der Waals surface area contributed by atoms with Crippen LogP contribution in [0.25, 0.3) is 0 Å². The lowest BCUT2D eigenvalue weighted by atomic mass is 9.97. The summed E-state index contributed by atoms with van der Waals surface area (Å²) in [5, 5.41) is 0. The minimum atomic E-state index is 0.194. The molecular weight excluding hydrogens is 214 g/mol. The van der Waals surface area contributed by atoms with Crippen molar-refractivity contribution in [3.05, 3.63) is 0 Å². The minimum absolute atomic E-state index is 0.194. The Balaban J connectivity index is 1.85. The first-order valence-corrected chi connectivity index (χ1v) is 6.95. The average molecular weight is 241 g/mol. The van der Waals surface area contributed by atoms with Crippen LogP contribution in [-0.4, -0.2) is 67.8 Å². The van der Waals surface area contributed by atoms with E-state index >= 15 is 0 Å². The Labute approximate surface area is 105 Å². The summed E-state index contributed by atoms with van der Waals surface area (Å²) in [5.74, 6) is 0. The smallest absolute Gasteiger partial charge is 0.0593 e. The molecule has 4 nitrogen and oxygen atoms in total. The van der Waals surface area contributed by atoms with Crippen LogP contribution >= 0.6 is 0 Å². The molecule has 1 heterocycles. The van der Waals surface area contributed by atoms with Gasteiger partial charge in [0.1, 0.15) is 0 Å². The Morgan fingerprint density at radius 3 is 2.82 bits per heavy atom. The van der Waals surface area contributed by atoms with Gasteiger partial charge in [-0.05, 0) is 33.2 Å². The summed E-state index contributed by atoms with van der Waals surface area (Å²) in [6.45, 7) is 7.79. The topological polar surface area (TPSA) is 41.7 Å². The van der Waals surface area contributed by atoms with Gasteiger partial charge in [-0.3, -0.25) is 9.80 Å². The molecular formula is C13H27N3O. The number of likely N-dealkylation sites (tertiary alicyclic amines) is 1. The maximum absolute atomic E-state index is 6.05. The fraction of sp³-hybridized carbons (Fsp3) is 1.00. The highest BCUT2D eigenvalue weighted by Gasteiger charge is 2.44. The van der Waals surface area contributed by atoms with Crippen molar-refractivity contribution in [3.63, 3.8) is 0 Å². The Bertz CT molecular complexity index is 245. The lowest BCUT2D eigenvalue weighted by molar-refractivity contribution is 0.0703. The van der Waals surface area contributed by atoms with E-state index in [2.05, 4.69) is 16.8 Å². The van der Waals surface area contributed by atoms with Crippen molar-refractivity contribution in [2.75, 3.05) is 46.4 Å². The summed E-state index contributed by atoms with van der Waals surface area (Å²) >= 11 is 0. The lowest BCUT2D eigenvalue weighted by Gasteiger charge is -2.38. The molecule has 0 aromatic rings. The molecule has 0 aromatic heterocycles. The highest BCUT2D eigenvalue weighted by Crippen LogP contribution is 2.35. The summed E-state index contributed by atoms with van der Waals surface area (Å²) in [5.41, 5.74) is 6.24. The first kappa shape index (κ1) is 13.3. The van der Waals surface area contributed by atoms with Gasteiger partial charge in [-0.15, -0.1) is 0 Å². The summed E-state index contributed by atoms with van der Waals surface area (Å²) in [7, 11) is 2.20. The normalized spacial score (nSPS) is 30.4. The highest BCUT2D eigenvalue weighted by atomic mass is 16.5. The van der Waals surface area contributed by atoms with Gasteiger partial charge in [0.25, 0.3) is 0 Å². The molecule has 0 radical (unpaired) electrons. The van der Waals surface area contributed by atoms with Crippen molar-refractivity contribution in [1.29, 1.82) is 0 Å². The van der Waals surface area contributed by atoms with Crippen molar-refractivity contribution in [2.24, 2.45) is 5.73 Å². The summed E-state index contributed by atoms with van der Waals surface area (Å²) in [4.78, 5) is 5.05. The predicted octanol–water partition coefficient (Wildman–Crippen LogP) is 0.520. The number of rotatable bonds is 7. The van der Waals surface area contributed by atoms with E-state index in [-0.39, 0.29) is 5.54 Å². The molecule has 1 aliphatic heterocycles. The van der Waals surface area contributed by atoms with Crippen molar-refractivity contribution < 1.29 is 4.74 Å². The third kappa shape index (κ3) is 2.99. The van der Waals surface area contributed by atoms with Gasteiger partial charge in [-0.1, -0.05) is 0 Å². The molecule has 0 amide bonds. The summed E-state index contributed by atoms with van der Waals surface area (Å²) < 4.78 is 5.44. The zero-order chi connectivity index (χ0) is 12.3. The van der Waals surface area contributed by atoms with Gasteiger partial charge < -0.3 is 10.5 Å². The number of ether oxygens (including phenoxy) is 1. The van der Waals surface area contributed by atoms with Gasteiger partial charge in [-0.25, -0.2) is 0 Å². The lowest BCUT2D eigenvalue weighted by Crippen LogP contribution is -2.55. The molecule has 2 rings (SSSR count). The Kier molecular flexibility index (Phi) is 4.42. The SMILES string of the molecule is CCOCCN(C)C1(CN)CCN(C2CC2)C1. The van der Waals surface area contributed by atoms with Crippen LogP contribution in [0.4, 0.5) is 0 Å². The van der Waals surface area contributed by atoms with Crippen LogP contribution in [0.1, 0.15) is 26.2 Å². The Hall–Kier alpha value is -0.160. The number of likely N-dealkylation sites (N-methyl/N-ethyl adjacent to an activating group) is 1. The highest BCUT2D eigenvalue weighted by molar-refractivity contribution is 5.02. The largest absolute Gasteiger partial charge is 0.380 e. The average Bonchev–Trinajstić information content (AvgIpc) is 3.09. The molecule has 2 aliphatic rings. The number of nitrogens with zero attached hydrogens (tertiary/aromatic N) is 2. The van der Waals surface area contributed by atoms with Gasteiger partial charge in [-0.2, -0.15) is 0 Å². The van der Waals surface area contributed by atoms with Crippen LogP contribution in [0.3, 0.4) is 0 Å². The molecule has 0 bridgehead atoms. The number of hydrogen-bond acceptors (Lipinski definition) is 4. The maximum Gasteiger partial charge on any atom is 0.0593 e. The first-order valence-electron chi connectivity index (χ1n) is 6.95. The van der Waals surface area contributed by atoms with Crippen LogP contribution in [0.2, 0.25) is 0 Å². The van der Waals surface area contributed by atoms with Gasteiger partial charge in [0.2, 0.25) is 0 Å². The van der Waals surface area contributed by atoms with E-state index in [1.54, 1.807) is 0 Å². The fourth-order valence-corrected chi connectivity index (χ4v) is 2.86. The summed E-state index contributed by atoms with van der Waals surface area (Å²) in [6.07, 6.45) is 4.00. The van der Waals surface area contributed by atoms with E-state index in [9.17, 15) is 0 Å². The number of hydrogen-bond donors (Lipinski definition) is 1. The van der Waals surface area contributed by atoms with Crippen molar-refractivity contribution >= 4 is 0 Å². The van der Waals surface area contributed by atoms with Crippen LogP contribution in [0, 0.1) is 0 Å². The second kappa shape index (κ2) is 5.65. The molecule has 0 aromatic carbocycles. The molecule has 17 heavy (non-hydrogen) atoms. The van der Waals surface area contributed by atoms with E-state index in [0.29, 0.717) is 0 Å². The van der Waals surface area contributed by atoms with E-state index in [1.165, 1.54) is 25.8 Å². The molecule has 100 valence electrons. The van der Waals surface area contributed by atoms with Gasteiger partial charge >= 0.3 is 0 Å². The van der Waals surface area contributed by atoms with Crippen LogP contribution in [0.15, 0.2) is 0 Å². The second-order valence-corrected chi connectivity index (χ2v) is 5.50. The Morgan fingerprint density at radius 2 is 2.24 bits per heavy atom. The first-order chi connectivity index (χ1) is 8.22. The van der Waals surface area contributed by atoms with Crippen LogP contribution < -0.4 is 5.73 Å². The molecule has 1 saturated heterocycles. The zero-order valence-electron chi connectivity index (χ0n) is 11.3. The van der Waals surface area contributed by atoms with Crippen molar-refractivity contribution in [2.45, 2.75) is 37.8 Å². The molecule has 1 atom stereocenters. The molecule has 1 unspecified atom stereocenters. The Morgan fingerprint density at radius 1 is 1.47 bits per heavy atom. The second-order valence-electron chi connectivity index (χ2n) is 5.50. The summed E-state index contributed by atoms with van der Waals surface area (Å²) in [6, 6.07) is 0.865. The van der Waals surface area contributed by atoms with Crippen molar-refractivity contribution in [3.8, 4) is 0 Å². The van der Waals surface area contributed by atoms with Crippen LogP contribution in [-0.2, 0) is 4.74 Å². The van der Waals surface area contributed by atoms with Gasteiger partial charge in [0.05, 0.1) is 6.61 Å². The molecule has 1 aliphatic carbocycles.